The Bertz CT molecular complexity index is 1340. The summed E-state index contributed by atoms with van der Waals surface area (Å²) in [5.41, 5.74) is -5.12. The lowest BCUT2D eigenvalue weighted by Crippen LogP contribution is -2.39. The Hall–Kier alpha value is -4.36. The van der Waals surface area contributed by atoms with Crippen LogP contribution in [-0.2, 0) is 11.2 Å². The highest BCUT2D eigenvalue weighted by Crippen LogP contribution is 2.39. The molecule has 0 bridgehead atoms. The summed E-state index contributed by atoms with van der Waals surface area (Å²) >= 11 is 0. The second kappa shape index (κ2) is 14.4. The van der Waals surface area contributed by atoms with Crippen molar-refractivity contribution in [3.63, 3.8) is 0 Å². The van der Waals surface area contributed by atoms with Gasteiger partial charge in [-0.05, 0) is 57.9 Å². The molecule has 7 nitrogen and oxygen atoms in total. The number of aliphatic hydroxyl groups is 2. The maximum absolute atomic E-state index is 12.5. The predicted molar refractivity (Wildman–Crippen MR) is 148 cm³/mol. The molecule has 3 rings (SSSR count). The molecule has 0 fully saturated rings. The van der Waals surface area contributed by atoms with E-state index in [0.29, 0.717) is 30.5 Å². The van der Waals surface area contributed by atoms with Gasteiger partial charge in [-0.1, -0.05) is 60.7 Å². The molecule has 0 radical (unpaired) electrons. The molecule has 0 aliphatic heterocycles. The van der Waals surface area contributed by atoms with Crippen LogP contribution in [0.4, 0.5) is 26.3 Å². The fourth-order valence-electron chi connectivity index (χ4n) is 3.23. The van der Waals surface area contributed by atoms with E-state index in [-0.39, 0.29) is 28.5 Å². The van der Waals surface area contributed by atoms with Crippen LogP contribution in [0.1, 0.15) is 87.2 Å². The number of carboxylic acid groups (broad SMARTS) is 1. The van der Waals surface area contributed by atoms with E-state index in [1.54, 1.807) is 24.3 Å². The van der Waals surface area contributed by atoms with E-state index in [1.165, 1.54) is 32.9 Å². The topological polar surface area (TPSA) is 129 Å². The van der Waals surface area contributed by atoms with Gasteiger partial charge in [-0.15, -0.1) is 0 Å². The zero-order valence-corrected chi connectivity index (χ0v) is 24.2. The molecule has 0 saturated heterocycles. The number of aromatic carboxylic acids is 1. The molecular weight excluding hydrogens is 598 g/mol. The van der Waals surface area contributed by atoms with E-state index < -0.39 is 35.1 Å². The molecule has 0 aliphatic rings. The molecule has 0 heterocycles. The third-order valence-corrected chi connectivity index (χ3v) is 6.35. The van der Waals surface area contributed by atoms with Gasteiger partial charge in [0.1, 0.15) is 0 Å². The fourth-order valence-corrected chi connectivity index (χ4v) is 3.23. The summed E-state index contributed by atoms with van der Waals surface area (Å²) in [5, 5.41) is 27.2. The van der Waals surface area contributed by atoms with Crippen molar-refractivity contribution in [2.75, 3.05) is 0 Å². The third kappa shape index (κ3) is 9.85. The minimum absolute atomic E-state index is 0.0186. The molecule has 3 aromatic carbocycles. The molecule has 0 saturated carbocycles. The summed E-state index contributed by atoms with van der Waals surface area (Å²) < 4.78 is 74.6. The Morgan fingerprint density at radius 2 is 0.682 bits per heavy atom. The van der Waals surface area contributed by atoms with E-state index in [0.717, 1.165) is 36.4 Å². The SMILES string of the molecule is CC(=O)c1ccc(C(C)(O)C(F)(F)F)cc1.CC(=O)c1ccc(C(C)=O)cc1.CC(O)(c1ccc(C(=O)O)cc1)C(F)(F)F. The number of Topliss-reactive ketones (excluding diaryl/α,β-unsaturated/α-hetero) is 3. The predicted octanol–water partition coefficient (Wildman–Crippen LogP) is 6.91. The van der Waals surface area contributed by atoms with Gasteiger partial charge in [-0.25, -0.2) is 4.79 Å². The summed E-state index contributed by atoms with van der Waals surface area (Å²) in [7, 11) is 0. The van der Waals surface area contributed by atoms with Crippen LogP contribution >= 0.6 is 0 Å². The van der Waals surface area contributed by atoms with Gasteiger partial charge in [-0.3, -0.25) is 14.4 Å². The Kier molecular flexibility index (Phi) is 12.3. The molecule has 238 valence electrons. The summed E-state index contributed by atoms with van der Waals surface area (Å²) in [5.74, 6) is -1.44. The van der Waals surface area contributed by atoms with Crippen molar-refractivity contribution < 1.29 is 60.8 Å². The Morgan fingerprint density at radius 3 is 0.864 bits per heavy atom. The maximum Gasteiger partial charge on any atom is 0.421 e. The molecule has 0 aliphatic carbocycles. The first kappa shape index (κ1) is 37.7. The van der Waals surface area contributed by atoms with E-state index in [2.05, 4.69) is 0 Å². The zero-order chi connectivity index (χ0) is 34.3. The van der Waals surface area contributed by atoms with E-state index in [1.807, 2.05) is 0 Å². The second-order valence-electron chi connectivity index (χ2n) is 9.85. The quantitative estimate of drug-likeness (QED) is 0.200. The van der Waals surface area contributed by atoms with Crippen molar-refractivity contribution in [1.29, 1.82) is 0 Å². The Labute approximate surface area is 248 Å². The van der Waals surface area contributed by atoms with Crippen molar-refractivity contribution in [3.05, 3.63) is 106 Å². The van der Waals surface area contributed by atoms with Crippen molar-refractivity contribution in [2.45, 2.75) is 58.2 Å². The first-order valence-corrected chi connectivity index (χ1v) is 12.6. The van der Waals surface area contributed by atoms with Crippen LogP contribution in [0.5, 0.6) is 0 Å². The van der Waals surface area contributed by atoms with Crippen molar-refractivity contribution >= 4 is 23.3 Å². The van der Waals surface area contributed by atoms with Gasteiger partial charge in [0.05, 0.1) is 5.56 Å². The fraction of sp³-hybridized carbons (Fsp3) is 0.290. The summed E-state index contributed by atoms with van der Waals surface area (Å²) in [6, 6.07) is 15.3. The van der Waals surface area contributed by atoms with E-state index >= 15 is 0 Å². The van der Waals surface area contributed by atoms with Crippen LogP contribution in [-0.4, -0.2) is 51.0 Å². The Morgan fingerprint density at radius 1 is 0.477 bits per heavy atom. The van der Waals surface area contributed by atoms with Crippen molar-refractivity contribution in [2.24, 2.45) is 0 Å². The second-order valence-corrected chi connectivity index (χ2v) is 9.85. The van der Waals surface area contributed by atoms with E-state index in [9.17, 15) is 55.7 Å². The molecule has 3 aromatic rings. The van der Waals surface area contributed by atoms with Gasteiger partial charge in [0.25, 0.3) is 0 Å². The van der Waals surface area contributed by atoms with Gasteiger partial charge in [0.15, 0.2) is 28.6 Å². The zero-order valence-electron chi connectivity index (χ0n) is 24.2. The van der Waals surface area contributed by atoms with Crippen molar-refractivity contribution in [1.82, 2.24) is 0 Å². The monoisotopic (exact) mass is 628 g/mol. The summed E-state index contributed by atoms with van der Waals surface area (Å²) in [4.78, 5) is 43.1. The number of hydrogen-bond acceptors (Lipinski definition) is 6. The van der Waals surface area contributed by atoms with Gasteiger partial charge >= 0.3 is 18.3 Å². The minimum atomic E-state index is -4.81. The lowest BCUT2D eigenvalue weighted by atomic mass is 9.94. The number of benzene rings is 3. The summed E-state index contributed by atoms with van der Waals surface area (Å²) in [6.07, 6.45) is -9.55. The number of ketones is 3. The summed E-state index contributed by atoms with van der Waals surface area (Å²) in [6.45, 7) is 5.61. The number of rotatable bonds is 6. The van der Waals surface area contributed by atoms with Gasteiger partial charge in [-0.2, -0.15) is 26.3 Å². The first-order valence-electron chi connectivity index (χ1n) is 12.6. The minimum Gasteiger partial charge on any atom is -0.478 e. The molecule has 13 heteroatoms. The lowest BCUT2D eigenvalue weighted by Gasteiger charge is -2.26. The molecule has 44 heavy (non-hydrogen) atoms. The van der Waals surface area contributed by atoms with Crippen LogP contribution in [0.25, 0.3) is 0 Å². The first-order chi connectivity index (χ1) is 19.9. The molecule has 0 amide bonds. The maximum atomic E-state index is 12.5. The van der Waals surface area contributed by atoms with Crippen LogP contribution in [0.2, 0.25) is 0 Å². The lowest BCUT2D eigenvalue weighted by molar-refractivity contribution is -0.259. The van der Waals surface area contributed by atoms with Gasteiger partial charge < -0.3 is 15.3 Å². The number of halogens is 6. The normalized spacial score (nSPS) is 13.9. The molecular formula is C31H30F6O7. The van der Waals surface area contributed by atoms with Crippen LogP contribution in [0, 0.1) is 0 Å². The van der Waals surface area contributed by atoms with Gasteiger partial charge in [0, 0.05) is 16.7 Å². The number of carboxylic acids is 1. The number of carbonyl (C=O) groups is 4. The smallest absolute Gasteiger partial charge is 0.421 e. The number of hydrogen-bond donors (Lipinski definition) is 3. The van der Waals surface area contributed by atoms with E-state index in [4.69, 9.17) is 5.11 Å². The number of carbonyl (C=O) groups excluding carboxylic acids is 3. The molecule has 2 unspecified atom stereocenters. The number of alkyl halides is 6. The standard InChI is InChI=1S/C11H11F3O2.C10H9F3O3.C10H10O2/c1-7(15)8-3-5-9(6-4-8)10(2,16)11(12,13)14;1-9(16,10(11,12)13)7-4-2-6(3-5-7)8(14)15;1-7(11)9-3-5-10(6-4-9)8(2)12/h3-6,16H,1-2H3;2-5,16H,1H3,(H,14,15);3-6H,1-2H3. The Balaban J connectivity index is 0.000000334. The van der Waals surface area contributed by atoms with Crippen LogP contribution < -0.4 is 0 Å². The third-order valence-electron chi connectivity index (χ3n) is 6.35. The average molecular weight is 629 g/mol. The molecule has 2 atom stereocenters. The highest BCUT2D eigenvalue weighted by molar-refractivity contribution is 5.97. The van der Waals surface area contributed by atoms with Crippen LogP contribution in [0.3, 0.4) is 0 Å². The highest BCUT2D eigenvalue weighted by atomic mass is 19.4. The molecule has 0 spiro atoms. The largest absolute Gasteiger partial charge is 0.478 e. The van der Waals surface area contributed by atoms with Gasteiger partial charge in [0.2, 0.25) is 0 Å². The highest BCUT2D eigenvalue weighted by Gasteiger charge is 2.51. The molecule has 0 aromatic heterocycles. The average Bonchev–Trinajstić information content (AvgIpc) is 2.92. The van der Waals surface area contributed by atoms with Crippen molar-refractivity contribution in [3.8, 4) is 0 Å². The van der Waals surface area contributed by atoms with Crippen LogP contribution in [0.15, 0.2) is 72.8 Å². The molecule has 3 N–H and O–H groups in total.